The third-order valence-corrected chi connectivity index (χ3v) is 3.55. The third-order valence-electron chi connectivity index (χ3n) is 3.55. The van der Waals surface area contributed by atoms with Gasteiger partial charge in [-0.25, -0.2) is 4.98 Å². The molecule has 0 aliphatic rings. The predicted molar refractivity (Wildman–Crippen MR) is 80.4 cm³/mol. The number of aromatic nitrogens is 3. The molecule has 0 amide bonds. The number of hydrogen-bond acceptors (Lipinski definition) is 5. The lowest BCUT2D eigenvalue weighted by Gasteiger charge is -2.10. The molecule has 0 saturated carbocycles. The largest absolute Gasteiger partial charge is 0.395 e. The van der Waals surface area contributed by atoms with E-state index in [1.807, 2.05) is 38.1 Å². The van der Waals surface area contributed by atoms with E-state index < -0.39 is 0 Å². The standard InChI is InChI=1S/C15H18N4O2/c1-10-12(11(2)21-18-10)9-19-14-6-4-3-5-13(14)17-15(19)16-7-8-20/h3-6,20H,7-9H2,1-2H3,(H,16,17). The van der Waals surface area contributed by atoms with Crippen LogP contribution in [-0.2, 0) is 6.54 Å². The summed E-state index contributed by atoms with van der Waals surface area (Å²) in [6, 6.07) is 7.96. The van der Waals surface area contributed by atoms with E-state index >= 15 is 0 Å². The minimum atomic E-state index is 0.0640. The summed E-state index contributed by atoms with van der Waals surface area (Å²) in [6.07, 6.45) is 0. The average molecular weight is 286 g/mol. The number of rotatable bonds is 5. The molecule has 0 aliphatic heterocycles. The van der Waals surface area contributed by atoms with Gasteiger partial charge >= 0.3 is 0 Å². The maximum atomic E-state index is 9.01. The van der Waals surface area contributed by atoms with E-state index in [1.54, 1.807) is 0 Å². The van der Waals surface area contributed by atoms with E-state index in [0.29, 0.717) is 13.1 Å². The second kappa shape index (κ2) is 5.57. The quantitative estimate of drug-likeness (QED) is 0.751. The van der Waals surface area contributed by atoms with Gasteiger partial charge in [0.05, 0.1) is 29.9 Å². The fourth-order valence-electron chi connectivity index (χ4n) is 2.42. The monoisotopic (exact) mass is 286 g/mol. The summed E-state index contributed by atoms with van der Waals surface area (Å²) in [5.74, 6) is 1.56. The number of nitrogens with zero attached hydrogens (tertiary/aromatic N) is 3. The molecular weight excluding hydrogens is 268 g/mol. The average Bonchev–Trinajstić information content (AvgIpc) is 3.00. The number of hydrogen-bond donors (Lipinski definition) is 2. The summed E-state index contributed by atoms with van der Waals surface area (Å²) in [5.41, 5.74) is 3.91. The van der Waals surface area contributed by atoms with Crippen molar-refractivity contribution in [1.29, 1.82) is 0 Å². The van der Waals surface area contributed by atoms with Gasteiger partial charge in [-0.3, -0.25) is 0 Å². The lowest BCUT2D eigenvalue weighted by atomic mass is 10.2. The molecule has 0 aliphatic carbocycles. The molecule has 2 aromatic heterocycles. The molecule has 6 nitrogen and oxygen atoms in total. The van der Waals surface area contributed by atoms with Gasteiger partial charge in [-0.05, 0) is 26.0 Å². The van der Waals surface area contributed by atoms with Gasteiger partial charge in [0.15, 0.2) is 0 Å². The van der Waals surface area contributed by atoms with Crippen LogP contribution in [0, 0.1) is 13.8 Å². The molecule has 0 fully saturated rings. The number of imidazole rings is 1. The Morgan fingerprint density at radius 2 is 2.10 bits per heavy atom. The van der Waals surface area contributed by atoms with E-state index in [4.69, 9.17) is 9.63 Å². The van der Waals surface area contributed by atoms with Gasteiger partial charge in [0.2, 0.25) is 5.95 Å². The number of aliphatic hydroxyl groups excluding tert-OH is 1. The lowest BCUT2D eigenvalue weighted by molar-refractivity contribution is 0.310. The highest BCUT2D eigenvalue weighted by Gasteiger charge is 2.15. The van der Waals surface area contributed by atoms with Crippen LogP contribution in [-0.4, -0.2) is 33.0 Å². The first-order chi connectivity index (χ1) is 10.2. The maximum Gasteiger partial charge on any atom is 0.204 e. The topological polar surface area (TPSA) is 76.1 Å². The minimum absolute atomic E-state index is 0.0640. The zero-order valence-electron chi connectivity index (χ0n) is 12.1. The van der Waals surface area contributed by atoms with E-state index in [0.717, 1.165) is 34.0 Å². The fourth-order valence-corrected chi connectivity index (χ4v) is 2.42. The van der Waals surface area contributed by atoms with Crippen LogP contribution in [0.15, 0.2) is 28.8 Å². The van der Waals surface area contributed by atoms with Crippen LogP contribution in [0.25, 0.3) is 11.0 Å². The molecule has 0 saturated heterocycles. The fraction of sp³-hybridized carbons (Fsp3) is 0.333. The highest BCUT2D eigenvalue weighted by atomic mass is 16.5. The highest BCUT2D eigenvalue weighted by molar-refractivity contribution is 5.78. The van der Waals surface area contributed by atoms with Crippen LogP contribution in [0.4, 0.5) is 5.95 Å². The van der Waals surface area contributed by atoms with Crippen molar-refractivity contribution >= 4 is 17.0 Å². The molecule has 21 heavy (non-hydrogen) atoms. The molecule has 3 aromatic rings. The normalized spacial score (nSPS) is 11.2. The second-order valence-corrected chi connectivity index (χ2v) is 4.96. The molecule has 2 N–H and O–H groups in total. The molecule has 0 spiro atoms. The van der Waals surface area contributed by atoms with E-state index in [2.05, 4.69) is 20.0 Å². The molecule has 2 heterocycles. The molecule has 110 valence electrons. The van der Waals surface area contributed by atoms with Crippen molar-refractivity contribution in [1.82, 2.24) is 14.7 Å². The Morgan fingerprint density at radius 3 is 2.81 bits per heavy atom. The summed E-state index contributed by atoms with van der Waals surface area (Å²) in [7, 11) is 0. The Balaban J connectivity index is 2.06. The number of para-hydroxylation sites is 2. The maximum absolute atomic E-state index is 9.01. The van der Waals surface area contributed by atoms with Gasteiger partial charge in [-0.15, -0.1) is 0 Å². The van der Waals surface area contributed by atoms with E-state index in [-0.39, 0.29) is 6.61 Å². The number of aryl methyl sites for hydroxylation is 2. The van der Waals surface area contributed by atoms with Crippen molar-refractivity contribution < 1.29 is 9.63 Å². The van der Waals surface area contributed by atoms with Crippen LogP contribution < -0.4 is 5.32 Å². The van der Waals surface area contributed by atoms with Crippen molar-refractivity contribution in [3.05, 3.63) is 41.3 Å². The van der Waals surface area contributed by atoms with Crippen molar-refractivity contribution in [3.63, 3.8) is 0 Å². The number of benzene rings is 1. The van der Waals surface area contributed by atoms with Crippen LogP contribution in [0.5, 0.6) is 0 Å². The zero-order chi connectivity index (χ0) is 14.8. The van der Waals surface area contributed by atoms with E-state index in [9.17, 15) is 0 Å². The van der Waals surface area contributed by atoms with Crippen molar-refractivity contribution in [2.45, 2.75) is 20.4 Å². The minimum Gasteiger partial charge on any atom is -0.395 e. The smallest absolute Gasteiger partial charge is 0.204 e. The number of anilines is 1. The Labute approximate surface area is 122 Å². The lowest BCUT2D eigenvalue weighted by Crippen LogP contribution is -2.12. The molecule has 3 rings (SSSR count). The van der Waals surface area contributed by atoms with Crippen molar-refractivity contribution in [3.8, 4) is 0 Å². The number of aliphatic hydroxyl groups is 1. The third kappa shape index (κ3) is 2.50. The van der Waals surface area contributed by atoms with Gasteiger partial charge in [-0.2, -0.15) is 0 Å². The molecule has 6 heteroatoms. The SMILES string of the molecule is Cc1noc(C)c1Cn1c(NCCO)nc2ccccc21. The van der Waals surface area contributed by atoms with Gasteiger partial charge in [0.25, 0.3) is 0 Å². The van der Waals surface area contributed by atoms with Gasteiger partial charge in [0, 0.05) is 12.1 Å². The summed E-state index contributed by atoms with van der Waals surface area (Å²) >= 11 is 0. The van der Waals surface area contributed by atoms with E-state index in [1.165, 1.54) is 0 Å². The van der Waals surface area contributed by atoms with Crippen LogP contribution in [0.1, 0.15) is 17.0 Å². The second-order valence-electron chi connectivity index (χ2n) is 4.96. The Kier molecular flexibility index (Phi) is 3.62. The molecule has 0 unspecified atom stereocenters. The highest BCUT2D eigenvalue weighted by Crippen LogP contribution is 2.23. The first kappa shape index (κ1) is 13.6. The Morgan fingerprint density at radius 1 is 1.29 bits per heavy atom. The summed E-state index contributed by atoms with van der Waals surface area (Å²) in [4.78, 5) is 4.58. The Hall–Kier alpha value is -2.34. The summed E-state index contributed by atoms with van der Waals surface area (Å²) in [5, 5.41) is 16.2. The zero-order valence-corrected chi connectivity index (χ0v) is 12.1. The van der Waals surface area contributed by atoms with Gasteiger partial charge in [0.1, 0.15) is 5.76 Å². The number of nitrogens with one attached hydrogen (secondary N) is 1. The summed E-state index contributed by atoms with van der Waals surface area (Å²) in [6.45, 7) is 5.01. The van der Waals surface area contributed by atoms with Crippen molar-refractivity contribution in [2.75, 3.05) is 18.5 Å². The van der Waals surface area contributed by atoms with Gasteiger partial charge in [-0.1, -0.05) is 17.3 Å². The summed E-state index contributed by atoms with van der Waals surface area (Å²) < 4.78 is 7.31. The molecular formula is C15H18N4O2. The van der Waals surface area contributed by atoms with Crippen LogP contribution in [0.2, 0.25) is 0 Å². The van der Waals surface area contributed by atoms with Gasteiger partial charge < -0.3 is 19.5 Å². The van der Waals surface area contributed by atoms with Crippen LogP contribution >= 0.6 is 0 Å². The first-order valence-electron chi connectivity index (χ1n) is 6.92. The molecule has 0 radical (unpaired) electrons. The first-order valence-corrected chi connectivity index (χ1v) is 6.92. The van der Waals surface area contributed by atoms with Crippen LogP contribution in [0.3, 0.4) is 0 Å². The van der Waals surface area contributed by atoms with Crippen molar-refractivity contribution in [2.24, 2.45) is 0 Å². The molecule has 0 bridgehead atoms. The molecule has 1 aromatic carbocycles. The number of fused-ring (bicyclic) bond motifs is 1. The molecule has 0 atom stereocenters. The predicted octanol–water partition coefficient (Wildman–Crippen LogP) is 2.09. The Bertz CT molecular complexity index is 741.